The lowest BCUT2D eigenvalue weighted by Crippen LogP contribution is -2.48. The quantitative estimate of drug-likeness (QED) is 0.717. The number of carbonyl (C=O) groups is 3. The zero-order valence-electron chi connectivity index (χ0n) is 14.5. The third-order valence-electron chi connectivity index (χ3n) is 4.62. The van der Waals surface area contributed by atoms with Crippen LogP contribution in [0.5, 0.6) is 0 Å². The molecular formula is C19H20N4O4. The van der Waals surface area contributed by atoms with Gasteiger partial charge in [0.1, 0.15) is 0 Å². The van der Waals surface area contributed by atoms with Gasteiger partial charge in [0.05, 0.1) is 6.04 Å². The third-order valence-corrected chi connectivity index (χ3v) is 4.62. The predicted molar refractivity (Wildman–Crippen MR) is 96.5 cm³/mol. The summed E-state index contributed by atoms with van der Waals surface area (Å²) in [4.78, 5) is 41.4. The highest BCUT2D eigenvalue weighted by atomic mass is 16.4. The molecule has 3 amide bonds. The molecule has 0 radical (unpaired) electrons. The van der Waals surface area contributed by atoms with Crippen LogP contribution in [0.15, 0.2) is 54.9 Å². The Morgan fingerprint density at radius 2 is 1.85 bits per heavy atom. The van der Waals surface area contributed by atoms with Gasteiger partial charge in [-0.1, -0.05) is 24.3 Å². The summed E-state index contributed by atoms with van der Waals surface area (Å²) in [6.07, 6.45) is 2.90. The number of pyridine rings is 1. The summed E-state index contributed by atoms with van der Waals surface area (Å²) in [5, 5.41) is 9.45. The lowest BCUT2D eigenvalue weighted by Gasteiger charge is -2.37. The van der Waals surface area contributed by atoms with Crippen LogP contribution in [0.3, 0.4) is 0 Å². The number of nitrogens with zero attached hydrogens (tertiary/aromatic N) is 2. The molecule has 2 atom stereocenters. The maximum absolute atomic E-state index is 12.5. The first kappa shape index (κ1) is 18.4. The van der Waals surface area contributed by atoms with Crippen LogP contribution in [-0.2, 0) is 4.79 Å². The fourth-order valence-electron chi connectivity index (χ4n) is 3.20. The van der Waals surface area contributed by atoms with E-state index in [4.69, 9.17) is 0 Å². The number of amides is 3. The zero-order valence-corrected chi connectivity index (χ0v) is 14.5. The number of hydrazine groups is 1. The Morgan fingerprint density at radius 1 is 1.07 bits per heavy atom. The Bertz CT molecular complexity index is 813. The molecule has 1 aliphatic rings. The molecule has 3 N–H and O–H groups in total. The molecule has 8 nitrogen and oxygen atoms in total. The van der Waals surface area contributed by atoms with Crippen molar-refractivity contribution in [3.05, 3.63) is 66.0 Å². The highest BCUT2D eigenvalue weighted by Crippen LogP contribution is 2.34. The molecule has 1 fully saturated rings. The van der Waals surface area contributed by atoms with Crippen LogP contribution in [0.25, 0.3) is 0 Å². The van der Waals surface area contributed by atoms with Crippen LogP contribution < -0.4 is 10.9 Å². The summed E-state index contributed by atoms with van der Waals surface area (Å²) < 4.78 is 0. The maximum Gasteiger partial charge on any atom is 0.407 e. The molecule has 2 heterocycles. The number of hydrogen-bond acceptors (Lipinski definition) is 4. The van der Waals surface area contributed by atoms with Crippen LogP contribution in [0.1, 0.15) is 34.8 Å². The van der Waals surface area contributed by atoms with Crippen molar-refractivity contribution >= 4 is 17.9 Å². The van der Waals surface area contributed by atoms with Gasteiger partial charge in [-0.25, -0.2) is 4.79 Å². The van der Waals surface area contributed by atoms with Gasteiger partial charge in [0, 0.05) is 30.4 Å². The van der Waals surface area contributed by atoms with Gasteiger partial charge in [0.2, 0.25) is 5.91 Å². The number of carbonyl (C=O) groups excluding carboxylic acids is 2. The second-order valence-electron chi connectivity index (χ2n) is 6.31. The molecule has 27 heavy (non-hydrogen) atoms. The highest BCUT2D eigenvalue weighted by Gasteiger charge is 2.35. The van der Waals surface area contributed by atoms with Crippen LogP contribution in [0, 0.1) is 5.92 Å². The Kier molecular flexibility index (Phi) is 5.65. The summed E-state index contributed by atoms with van der Waals surface area (Å²) in [5.74, 6) is -1.16. The second kappa shape index (κ2) is 8.31. The van der Waals surface area contributed by atoms with Gasteiger partial charge >= 0.3 is 6.09 Å². The molecule has 0 bridgehead atoms. The number of piperidine rings is 1. The van der Waals surface area contributed by atoms with E-state index >= 15 is 0 Å². The van der Waals surface area contributed by atoms with Crippen LogP contribution in [-0.4, -0.2) is 39.4 Å². The molecule has 1 saturated heterocycles. The molecule has 140 valence electrons. The number of rotatable bonds is 3. The zero-order chi connectivity index (χ0) is 19.2. The van der Waals surface area contributed by atoms with E-state index in [-0.39, 0.29) is 12.5 Å². The van der Waals surface area contributed by atoms with Crippen LogP contribution in [0.4, 0.5) is 4.79 Å². The lowest BCUT2D eigenvalue weighted by atomic mass is 9.87. The van der Waals surface area contributed by atoms with Crippen molar-refractivity contribution in [1.29, 1.82) is 0 Å². The van der Waals surface area contributed by atoms with E-state index in [2.05, 4.69) is 15.8 Å². The van der Waals surface area contributed by atoms with Crippen molar-refractivity contribution in [3.63, 3.8) is 0 Å². The van der Waals surface area contributed by atoms with Gasteiger partial charge in [-0.2, -0.15) is 0 Å². The van der Waals surface area contributed by atoms with Gasteiger partial charge < -0.3 is 10.0 Å². The number of nitrogens with one attached hydrogen (secondary N) is 2. The van der Waals surface area contributed by atoms with Crippen molar-refractivity contribution in [2.75, 3.05) is 6.54 Å². The summed E-state index contributed by atoms with van der Waals surface area (Å²) >= 11 is 0. The minimum Gasteiger partial charge on any atom is -0.465 e. The van der Waals surface area contributed by atoms with Crippen molar-refractivity contribution < 1.29 is 19.5 Å². The van der Waals surface area contributed by atoms with E-state index in [1.165, 1.54) is 4.90 Å². The number of benzene rings is 1. The molecular weight excluding hydrogens is 348 g/mol. The van der Waals surface area contributed by atoms with Gasteiger partial charge in [-0.15, -0.1) is 0 Å². The smallest absolute Gasteiger partial charge is 0.407 e. The molecule has 1 aromatic carbocycles. The minimum atomic E-state index is -1.03. The normalized spacial score (nSPS) is 19.2. The van der Waals surface area contributed by atoms with E-state index in [0.717, 1.165) is 5.56 Å². The summed E-state index contributed by atoms with van der Waals surface area (Å²) in [6.45, 7) is 0.236. The fourth-order valence-corrected chi connectivity index (χ4v) is 3.20. The van der Waals surface area contributed by atoms with E-state index < -0.39 is 24.0 Å². The van der Waals surface area contributed by atoms with Gasteiger partial charge in [-0.05, 0) is 36.6 Å². The van der Waals surface area contributed by atoms with E-state index in [9.17, 15) is 19.5 Å². The average Bonchev–Trinajstić information content (AvgIpc) is 2.72. The molecule has 0 saturated carbocycles. The molecule has 8 heteroatoms. The fraction of sp³-hybridized carbons (Fsp3) is 0.263. The average molecular weight is 368 g/mol. The minimum absolute atomic E-state index is 0.236. The molecule has 0 aliphatic carbocycles. The first-order valence-electron chi connectivity index (χ1n) is 8.61. The second-order valence-corrected chi connectivity index (χ2v) is 6.31. The first-order chi connectivity index (χ1) is 13.1. The Hall–Kier alpha value is -3.42. The molecule has 2 unspecified atom stereocenters. The maximum atomic E-state index is 12.5. The summed E-state index contributed by atoms with van der Waals surface area (Å²) in [5.41, 5.74) is 6.03. The highest BCUT2D eigenvalue weighted by molar-refractivity contribution is 5.95. The number of carboxylic acid groups (broad SMARTS) is 1. The largest absolute Gasteiger partial charge is 0.465 e. The van der Waals surface area contributed by atoms with E-state index in [1.54, 1.807) is 54.9 Å². The standard InChI is InChI=1S/C19H20N4O4/c24-17(13-5-2-1-3-6-13)21-22-18(25)14-8-10-23(19(26)27)16(11-14)15-7-4-9-20-12-15/h1-7,9,12,14,16H,8,10-11H2,(H,21,24)(H,22,25)(H,26,27). The van der Waals surface area contributed by atoms with Crippen molar-refractivity contribution in [1.82, 2.24) is 20.7 Å². The topological polar surface area (TPSA) is 112 Å². The van der Waals surface area contributed by atoms with Crippen molar-refractivity contribution in [2.45, 2.75) is 18.9 Å². The van der Waals surface area contributed by atoms with Gasteiger partial charge in [-0.3, -0.25) is 25.4 Å². The van der Waals surface area contributed by atoms with Crippen LogP contribution in [0.2, 0.25) is 0 Å². The molecule has 0 spiro atoms. The molecule has 2 aromatic rings. The number of aromatic nitrogens is 1. The van der Waals surface area contributed by atoms with Gasteiger partial charge in [0.25, 0.3) is 5.91 Å². The Morgan fingerprint density at radius 3 is 2.52 bits per heavy atom. The first-order valence-corrected chi connectivity index (χ1v) is 8.61. The van der Waals surface area contributed by atoms with E-state index in [1.807, 2.05) is 0 Å². The Labute approximate surface area is 156 Å². The van der Waals surface area contributed by atoms with Gasteiger partial charge in [0.15, 0.2) is 0 Å². The molecule has 1 aliphatic heterocycles. The molecule has 1 aromatic heterocycles. The Balaban J connectivity index is 1.64. The summed E-state index contributed by atoms with van der Waals surface area (Å²) in [7, 11) is 0. The van der Waals surface area contributed by atoms with E-state index in [0.29, 0.717) is 18.4 Å². The SMILES string of the molecule is O=C(NNC(=O)C1CCN(C(=O)O)C(c2cccnc2)C1)c1ccccc1. The lowest BCUT2D eigenvalue weighted by molar-refractivity contribution is -0.127. The number of likely N-dealkylation sites (tertiary alicyclic amines) is 1. The van der Waals surface area contributed by atoms with Crippen LogP contribution >= 0.6 is 0 Å². The predicted octanol–water partition coefficient (Wildman–Crippen LogP) is 1.97. The van der Waals surface area contributed by atoms with Crippen molar-refractivity contribution in [3.8, 4) is 0 Å². The third kappa shape index (κ3) is 4.41. The summed E-state index contributed by atoms with van der Waals surface area (Å²) in [6, 6.07) is 11.6. The monoisotopic (exact) mass is 368 g/mol. The number of hydrogen-bond donors (Lipinski definition) is 3. The molecule has 3 rings (SSSR count). The van der Waals surface area contributed by atoms with Crippen molar-refractivity contribution in [2.24, 2.45) is 5.92 Å².